The van der Waals surface area contributed by atoms with Gasteiger partial charge in [-0.05, 0) is 31.5 Å². The van der Waals surface area contributed by atoms with Gasteiger partial charge in [-0.25, -0.2) is 14.5 Å². The zero-order valence-electron chi connectivity index (χ0n) is 13.0. The fraction of sp³-hybridized carbons (Fsp3) is 0.375. The molecule has 0 aliphatic carbocycles. The van der Waals surface area contributed by atoms with Crippen LogP contribution in [-0.4, -0.2) is 49.0 Å². The smallest absolute Gasteiger partial charge is 0.358 e. The quantitative estimate of drug-likeness (QED) is 0.783. The lowest BCUT2D eigenvalue weighted by Crippen LogP contribution is -2.36. The van der Waals surface area contributed by atoms with Gasteiger partial charge in [-0.3, -0.25) is 4.90 Å². The number of carboxylic acid groups (broad SMARTS) is 1. The number of aromatic carboxylic acids is 1. The molecule has 4 rings (SSSR count). The van der Waals surface area contributed by atoms with E-state index < -0.39 is 5.97 Å². The molecule has 1 unspecified atom stereocenters. The van der Waals surface area contributed by atoms with E-state index in [1.165, 1.54) is 10.9 Å². The van der Waals surface area contributed by atoms with E-state index in [0.717, 1.165) is 43.0 Å². The lowest BCUT2D eigenvalue weighted by molar-refractivity contribution is 0.0690. The van der Waals surface area contributed by atoms with Crippen LogP contribution in [0.4, 0.5) is 0 Å². The number of carboxylic acids is 1. The molecule has 3 heterocycles. The van der Waals surface area contributed by atoms with E-state index in [2.05, 4.69) is 21.3 Å². The number of rotatable bonds is 4. The van der Waals surface area contributed by atoms with E-state index in [4.69, 9.17) is 10.1 Å². The van der Waals surface area contributed by atoms with Gasteiger partial charge in [0.05, 0.1) is 29.0 Å². The third kappa shape index (κ3) is 3.02. The predicted octanol–water partition coefficient (Wildman–Crippen LogP) is 2.42. The molecule has 7 nitrogen and oxygen atoms in total. The summed E-state index contributed by atoms with van der Waals surface area (Å²) in [5.74, 6) is -1.04. The fourth-order valence-corrected chi connectivity index (χ4v) is 4.13. The first-order valence-corrected chi connectivity index (χ1v) is 8.72. The summed E-state index contributed by atoms with van der Waals surface area (Å²) in [5.41, 5.74) is 1.05. The standard InChI is InChI=1S/C16H17N5O2S/c22-16(23)13-9-21(19-18-13)11-4-3-7-20(8-11)10-15-17-12-5-1-2-6-14(12)24-15/h1-2,5-6,9,11H,3-4,7-8,10H2,(H,22,23). The summed E-state index contributed by atoms with van der Waals surface area (Å²) in [6, 6.07) is 8.34. The molecular formula is C16H17N5O2S. The summed E-state index contributed by atoms with van der Waals surface area (Å²) in [6.45, 7) is 2.67. The summed E-state index contributed by atoms with van der Waals surface area (Å²) in [7, 11) is 0. The molecule has 0 bridgehead atoms. The highest BCUT2D eigenvalue weighted by atomic mass is 32.1. The minimum Gasteiger partial charge on any atom is -0.476 e. The molecule has 0 spiro atoms. The molecule has 1 N–H and O–H groups in total. The molecule has 1 aromatic carbocycles. The van der Waals surface area contributed by atoms with Crippen molar-refractivity contribution in [2.45, 2.75) is 25.4 Å². The number of piperidine rings is 1. The average molecular weight is 343 g/mol. The Morgan fingerprint density at radius 1 is 1.38 bits per heavy atom. The van der Waals surface area contributed by atoms with Crippen LogP contribution in [-0.2, 0) is 6.54 Å². The molecule has 1 fully saturated rings. The van der Waals surface area contributed by atoms with Gasteiger partial charge in [0, 0.05) is 6.54 Å². The van der Waals surface area contributed by atoms with Gasteiger partial charge in [-0.2, -0.15) is 0 Å². The average Bonchev–Trinajstić information content (AvgIpc) is 3.21. The van der Waals surface area contributed by atoms with Gasteiger partial charge < -0.3 is 5.11 Å². The zero-order chi connectivity index (χ0) is 16.5. The van der Waals surface area contributed by atoms with Gasteiger partial charge in [-0.15, -0.1) is 16.4 Å². The third-order valence-electron chi connectivity index (χ3n) is 4.28. The zero-order valence-corrected chi connectivity index (χ0v) is 13.8. The predicted molar refractivity (Wildman–Crippen MR) is 90.1 cm³/mol. The Hall–Kier alpha value is -2.32. The number of fused-ring (bicyclic) bond motifs is 1. The second-order valence-electron chi connectivity index (χ2n) is 6.00. The SMILES string of the molecule is O=C(O)c1cn(C2CCCN(Cc3nc4ccccc4s3)C2)nn1. The molecular weight excluding hydrogens is 326 g/mol. The molecule has 1 atom stereocenters. The summed E-state index contributed by atoms with van der Waals surface area (Å²) >= 11 is 1.73. The van der Waals surface area contributed by atoms with E-state index in [1.54, 1.807) is 16.0 Å². The highest BCUT2D eigenvalue weighted by molar-refractivity contribution is 7.18. The second kappa shape index (κ2) is 6.29. The Bertz CT molecular complexity index is 841. The normalized spacial score (nSPS) is 18.9. The van der Waals surface area contributed by atoms with E-state index in [1.807, 2.05) is 18.2 Å². The molecule has 2 aromatic heterocycles. The third-order valence-corrected chi connectivity index (χ3v) is 5.30. The van der Waals surface area contributed by atoms with Crippen molar-refractivity contribution in [3.63, 3.8) is 0 Å². The van der Waals surface area contributed by atoms with Gasteiger partial charge >= 0.3 is 5.97 Å². The number of nitrogens with zero attached hydrogens (tertiary/aromatic N) is 5. The molecule has 3 aromatic rings. The van der Waals surface area contributed by atoms with Crippen LogP contribution < -0.4 is 0 Å². The Morgan fingerprint density at radius 2 is 2.25 bits per heavy atom. The number of aromatic nitrogens is 4. The molecule has 0 radical (unpaired) electrons. The number of benzene rings is 1. The number of para-hydroxylation sites is 1. The molecule has 1 saturated heterocycles. The van der Waals surface area contributed by atoms with Gasteiger partial charge in [-0.1, -0.05) is 17.3 Å². The number of hydrogen-bond acceptors (Lipinski definition) is 6. The highest BCUT2D eigenvalue weighted by Crippen LogP contribution is 2.26. The van der Waals surface area contributed by atoms with Crippen molar-refractivity contribution in [1.29, 1.82) is 0 Å². The number of thiazole rings is 1. The molecule has 1 aliphatic rings. The van der Waals surface area contributed by atoms with Crippen molar-refractivity contribution in [3.05, 3.63) is 41.2 Å². The van der Waals surface area contributed by atoms with E-state index in [9.17, 15) is 4.79 Å². The van der Waals surface area contributed by atoms with E-state index >= 15 is 0 Å². The maximum Gasteiger partial charge on any atom is 0.358 e. The first-order chi connectivity index (χ1) is 11.7. The van der Waals surface area contributed by atoms with Crippen LogP contribution in [0, 0.1) is 0 Å². The van der Waals surface area contributed by atoms with Crippen molar-refractivity contribution in [1.82, 2.24) is 24.9 Å². The number of carbonyl (C=O) groups is 1. The van der Waals surface area contributed by atoms with Gasteiger partial charge in [0.1, 0.15) is 5.01 Å². The Labute approximate surface area is 142 Å². The van der Waals surface area contributed by atoms with Crippen LogP contribution in [0.25, 0.3) is 10.2 Å². The monoisotopic (exact) mass is 343 g/mol. The lowest BCUT2D eigenvalue weighted by atomic mass is 10.1. The van der Waals surface area contributed by atoms with Crippen molar-refractivity contribution < 1.29 is 9.90 Å². The molecule has 1 aliphatic heterocycles. The maximum atomic E-state index is 11.0. The maximum absolute atomic E-state index is 11.0. The van der Waals surface area contributed by atoms with Gasteiger partial charge in [0.25, 0.3) is 0 Å². The molecule has 8 heteroatoms. The first kappa shape index (κ1) is 15.2. The minimum atomic E-state index is -1.04. The van der Waals surface area contributed by atoms with Crippen LogP contribution in [0.5, 0.6) is 0 Å². The largest absolute Gasteiger partial charge is 0.476 e. The topological polar surface area (TPSA) is 84.1 Å². The van der Waals surface area contributed by atoms with Crippen LogP contribution in [0.2, 0.25) is 0 Å². The molecule has 0 amide bonds. The van der Waals surface area contributed by atoms with Crippen molar-refractivity contribution in [2.75, 3.05) is 13.1 Å². The lowest BCUT2D eigenvalue weighted by Gasteiger charge is -2.31. The second-order valence-corrected chi connectivity index (χ2v) is 7.11. The highest BCUT2D eigenvalue weighted by Gasteiger charge is 2.24. The van der Waals surface area contributed by atoms with E-state index in [0.29, 0.717) is 0 Å². The molecule has 124 valence electrons. The molecule has 24 heavy (non-hydrogen) atoms. The summed E-state index contributed by atoms with van der Waals surface area (Å²) in [6.07, 6.45) is 3.56. The summed E-state index contributed by atoms with van der Waals surface area (Å²) in [4.78, 5) is 18.0. The van der Waals surface area contributed by atoms with Gasteiger partial charge in [0.15, 0.2) is 5.69 Å². The summed E-state index contributed by atoms with van der Waals surface area (Å²) in [5, 5.41) is 17.8. The number of hydrogen-bond donors (Lipinski definition) is 1. The van der Waals surface area contributed by atoms with Gasteiger partial charge in [0.2, 0.25) is 0 Å². The van der Waals surface area contributed by atoms with Crippen LogP contribution in [0.15, 0.2) is 30.5 Å². The first-order valence-electron chi connectivity index (χ1n) is 7.91. The summed E-state index contributed by atoms with van der Waals surface area (Å²) < 4.78 is 2.90. The van der Waals surface area contributed by atoms with Crippen molar-refractivity contribution in [2.24, 2.45) is 0 Å². The minimum absolute atomic E-state index is 0.00158. The Morgan fingerprint density at radius 3 is 3.04 bits per heavy atom. The molecule has 0 saturated carbocycles. The van der Waals surface area contributed by atoms with Crippen LogP contribution in [0.3, 0.4) is 0 Å². The number of likely N-dealkylation sites (tertiary alicyclic amines) is 1. The van der Waals surface area contributed by atoms with Crippen LogP contribution in [0.1, 0.15) is 34.4 Å². The van der Waals surface area contributed by atoms with Crippen molar-refractivity contribution in [3.8, 4) is 0 Å². The van der Waals surface area contributed by atoms with Crippen molar-refractivity contribution >= 4 is 27.5 Å². The van der Waals surface area contributed by atoms with Crippen LogP contribution >= 0.6 is 11.3 Å². The Balaban J connectivity index is 1.47. The fourth-order valence-electron chi connectivity index (χ4n) is 3.12. The Kier molecular flexibility index (Phi) is 3.99. The van der Waals surface area contributed by atoms with E-state index in [-0.39, 0.29) is 11.7 Å².